The van der Waals surface area contributed by atoms with Crippen LogP contribution in [-0.4, -0.2) is 15.9 Å². The van der Waals surface area contributed by atoms with Crippen LogP contribution in [0, 0.1) is 0 Å². The van der Waals surface area contributed by atoms with Gasteiger partial charge in [0.25, 0.3) is 5.91 Å². The highest BCUT2D eigenvalue weighted by Crippen LogP contribution is 2.28. The Hall–Kier alpha value is -3.25. The molecule has 0 spiro atoms. The molecule has 4 aromatic rings. The van der Waals surface area contributed by atoms with E-state index in [4.69, 9.17) is 4.42 Å². The Labute approximate surface area is 148 Å². The second-order valence-electron chi connectivity index (χ2n) is 5.23. The van der Waals surface area contributed by atoms with Crippen LogP contribution in [0.2, 0.25) is 0 Å². The van der Waals surface area contributed by atoms with Crippen molar-refractivity contribution in [3.05, 3.63) is 77.9 Å². The average molecular weight is 347 g/mol. The van der Waals surface area contributed by atoms with E-state index in [1.54, 1.807) is 24.5 Å². The minimum absolute atomic E-state index is 0.245. The van der Waals surface area contributed by atoms with E-state index in [-0.39, 0.29) is 5.91 Å². The van der Waals surface area contributed by atoms with Crippen LogP contribution in [-0.2, 0) is 0 Å². The molecule has 2 heterocycles. The first-order valence-electron chi connectivity index (χ1n) is 7.63. The fraction of sp³-hybridized carbons (Fsp3) is 0. The van der Waals surface area contributed by atoms with E-state index in [0.29, 0.717) is 27.9 Å². The molecule has 4 rings (SSSR count). The van der Waals surface area contributed by atoms with Crippen molar-refractivity contribution in [2.75, 3.05) is 5.32 Å². The van der Waals surface area contributed by atoms with E-state index in [1.807, 2.05) is 47.8 Å². The van der Waals surface area contributed by atoms with E-state index in [9.17, 15) is 4.79 Å². The lowest BCUT2D eigenvalue weighted by atomic mass is 10.1. The number of carbonyl (C=O) groups excluding carboxylic acids is 1. The Morgan fingerprint density at radius 1 is 1.00 bits per heavy atom. The standard InChI is InChI=1S/C19H13N3O2S/c23-17(22-19-20-10-11-25-19)14-8-4-5-9-15(14)18-21-12-16(24-18)13-6-2-1-3-7-13/h1-12H,(H,20,22,23). The highest BCUT2D eigenvalue weighted by Gasteiger charge is 2.17. The van der Waals surface area contributed by atoms with Gasteiger partial charge < -0.3 is 4.42 Å². The van der Waals surface area contributed by atoms with Gasteiger partial charge in [0.2, 0.25) is 5.89 Å². The predicted molar refractivity (Wildman–Crippen MR) is 97.4 cm³/mol. The number of hydrogen-bond donors (Lipinski definition) is 1. The van der Waals surface area contributed by atoms with Gasteiger partial charge in [-0.1, -0.05) is 42.5 Å². The first-order chi connectivity index (χ1) is 12.3. The maximum absolute atomic E-state index is 12.6. The number of thiazole rings is 1. The fourth-order valence-electron chi connectivity index (χ4n) is 2.45. The monoisotopic (exact) mass is 347 g/mol. The molecule has 0 fully saturated rings. The van der Waals surface area contributed by atoms with Crippen molar-refractivity contribution in [2.45, 2.75) is 0 Å². The number of hydrogen-bond acceptors (Lipinski definition) is 5. The molecule has 0 aliphatic carbocycles. The van der Waals surface area contributed by atoms with Gasteiger partial charge in [-0.3, -0.25) is 10.1 Å². The molecular weight excluding hydrogens is 334 g/mol. The van der Waals surface area contributed by atoms with Crippen molar-refractivity contribution in [1.82, 2.24) is 9.97 Å². The summed E-state index contributed by atoms with van der Waals surface area (Å²) in [5.41, 5.74) is 2.06. The summed E-state index contributed by atoms with van der Waals surface area (Å²) in [5, 5.41) is 5.15. The zero-order chi connectivity index (χ0) is 17.1. The number of aromatic nitrogens is 2. The van der Waals surface area contributed by atoms with E-state index < -0.39 is 0 Å². The molecule has 0 aliphatic rings. The van der Waals surface area contributed by atoms with Gasteiger partial charge in [0, 0.05) is 22.7 Å². The van der Waals surface area contributed by atoms with Crippen LogP contribution >= 0.6 is 11.3 Å². The fourth-order valence-corrected chi connectivity index (χ4v) is 2.98. The molecule has 2 aromatic carbocycles. The number of amides is 1. The average Bonchev–Trinajstić information content (AvgIpc) is 3.34. The number of nitrogens with one attached hydrogen (secondary N) is 1. The Morgan fingerprint density at radius 3 is 2.60 bits per heavy atom. The van der Waals surface area contributed by atoms with Gasteiger partial charge in [-0.15, -0.1) is 11.3 Å². The molecule has 0 unspecified atom stereocenters. The number of carbonyl (C=O) groups is 1. The number of benzene rings is 2. The smallest absolute Gasteiger partial charge is 0.258 e. The number of rotatable bonds is 4. The molecule has 25 heavy (non-hydrogen) atoms. The minimum atomic E-state index is -0.245. The summed E-state index contributed by atoms with van der Waals surface area (Å²) < 4.78 is 5.88. The van der Waals surface area contributed by atoms with Gasteiger partial charge in [0.05, 0.1) is 11.8 Å². The third kappa shape index (κ3) is 3.20. The maximum atomic E-state index is 12.6. The van der Waals surface area contributed by atoms with Crippen LogP contribution in [0.4, 0.5) is 5.13 Å². The van der Waals surface area contributed by atoms with Crippen molar-refractivity contribution < 1.29 is 9.21 Å². The topological polar surface area (TPSA) is 68.0 Å². The predicted octanol–water partition coefficient (Wildman–Crippen LogP) is 4.72. The van der Waals surface area contributed by atoms with Crippen LogP contribution < -0.4 is 5.32 Å². The van der Waals surface area contributed by atoms with E-state index in [0.717, 1.165) is 5.56 Å². The summed E-state index contributed by atoms with van der Waals surface area (Å²) in [6.07, 6.45) is 3.31. The molecule has 122 valence electrons. The molecule has 0 radical (unpaired) electrons. The molecule has 0 saturated heterocycles. The number of oxazole rings is 1. The number of nitrogens with zero attached hydrogens (tertiary/aromatic N) is 2. The van der Waals surface area contributed by atoms with Crippen LogP contribution in [0.15, 0.2) is 76.8 Å². The van der Waals surface area contributed by atoms with E-state index in [2.05, 4.69) is 15.3 Å². The lowest BCUT2D eigenvalue weighted by Gasteiger charge is -2.06. The van der Waals surface area contributed by atoms with Gasteiger partial charge in [0.1, 0.15) is 0 Å². The van der Waals surface area contributed by atoms with Crippen LogP contribution in [0.3, 0.4) is 0 Å². The molecular formula is C19H13N3O2S. The quantitative estimate of drug-likeness (QED) is 0.580. The highest BCUT2D eigenvalue weighted by atomic mass is 32.1. The Balaban J connectivity index is 1.67. The zero-order valence-corrected chi connectivity index (χ0v) is 13.9. The van der Waals surface area contributed by atoms with Gasteiger partial charge in [-0.05, 0) is 12.1 Å². The molecule has 6 heteroatoms. The number of anilines is 1. The van der Waals surface area contributed by atoms with Crippen LogP contribution in [0.25, 0.3) is 22.8 Å². The lowest BCUT2D eigenvalue weighted by molar-refractivity contribution is 0.102. The van der Waals surface area contributed by atoms with E-state index in [1.165, 1.54) is 11.3 Å². The summed E-state index contributed by atoms with van der Waals surface area (Å²) in [4.78, 5) is 21.0. The van der Waals surface area contributed by atoms with Crippen molar-refractivity contribution in [2.24, 2.45) is 0 Å². The van der Waals surface area contributed by atoms with Crippen LogP contribution in [0.5, 0.6) is 0 Å². The van der Waals surface area contributed by atoms with Gasteiger partial charge >= 0.3 is 0 Å². The highest BCUT2D eigenvalue weighted by molar-refractivity contribution is 7.13. The largest absolute Gasteiger partial charge is 0.436 e. The SMILES string of the molecule is O=C(Nc1nccs1)c1ccccc1-c1ncc(-c2ccccc2)o1. The first kappa shape index (κ1) is 15.3. The second-order valence-corrected chi connectivity index (χ2v) is 6.13. The molecule has 0 bridgehead atoms. The Morgan fingerprint density at radius 2 is 1.80 bits per heavy atom. The third-order valence-corrected chi connectivity index (χ3v) is 4.31. The molecule has 1 N–H and O–H groups in total. The van der Waals surface area contributed by atoms with Crippen molar-refractivity contribution in [3.63, 3.8) is 0 Å². The Bertz CT molecular complexity index is 994. The van der Waals surface area contributed by atoms with E-state index >= 15 is 0 Å². The summed E-state index contributed by atoms with van der Waals surface area (Å²) in [7, 11) is 0. The second kappa shape index (κ2) is 6.70. The van der Waals surface area contributed by atoms with Crippen molar-refractivity contribution >= 4 is 22.4 Å². The zero-order valence-electron chi connectivity index (χ0n) is 13.0. The molecule has 5 nitrogen and oxygen atoms in total. The maximum Gasteiger partial charge on any atom is 0.258 e. The lowest BCUT2D eigenvalue weighted by Crippen LogP contribution is -2.12. The third-order valence-electron chi connectivity index (χ3n) is 3.62. The molecule has 1 amide bonds. The molecule has 0 aliphatic heterocycles. The summed E-state index contributed by atoms with van der Waals surface area (Å²) in [6.45, 7) is 0. The van der Waals surface area contributed by atoms with Crippen molar-refractivity contribution in [1.29, 1.82) is 0 Å². The first-order valence-corrected chi connectivity index (χ1v) is 8.51. The summed E-state index contributed by atoms with van der Waals surface area (Å²) >= 11 is 1.37. The van der Waals surface area contributed by atoms with Crippen LogP contribution in [0.1, 0.15) is 10.4 Å². The van der Waals surface area contributed by atoms with Gasteiger partial charge in [-0.25, -0.2) is 9.97 Å². The normalized spacial score (nSPS) is 10.6. The van der Waals surface area contributed by atoms with Gasteiger partial charge in [0.15, 0.2) is 10.9 Å². The minimum Gasteiger partial charge on any atom is -0.436 e. The molecule has 0 atom stereocenters. The van der Waals surface area contributed by atoms with Gasteiger partial charge in [-0.2, -0.15) is 0 Å². The Kier molecular flexibility index (Phi) is 4.10. The molecule has 0 saturated carbocycles. The summed E-state index contributed by atoms with van der Waals surface area (Å²) in [5.74, 6) is 0.819. The molecule has 2 aromatic heterocycles. The van der Waals surface area contributed by atoms with Crippen molar-refractivity contribution in [3.8, 4) is 22.8 Å². The summed E-state index contributed by atoms with van der Waals surface area (Å²) in [6, 6.07) is 16.9.